The van der Waals surface area contributed by atoms with Gasteiger partial charge in [0.25, 0.3) is 0 Å². The minimum atomic E-state index is -0.549. The predicted molar refractivity (Wildman–Crippen MR) is 102 cm³/mol. The zero-order chi connectivity index (χ0) is 20.1. The number of aromatic nitrogens is 3. The molecule has 150 valence electrons. The van der Waals surface area contributed by atoms with Gasteiger partial charge in [-0.25, -0.2) is 4.79 Å². The van der Waals surface area contributed by atoms with Crippen LogP contribution in [0.2, 0.25) is 0 Å². The van der Waals surface area contributed by atoms with Crippen LogP contribution in [0.3, 0.4) is 0 Å². The van der Waals surface area contributed by atoms with E-state index in [4.69, 9.17) is 4.52 Å². The van der Waals surface area contributed by atoms with Crippen LogP contribution in [0.15, 0.2) is 28.9 Å². The van der Waals surface area contributed by atoms with Crippen molar-refractivity contribution in [2.45, 2.75) is 38.6 Å². The van der Waals surface area contributed by atoms with Gasteiger partial charge in [0.2, 0.25) is 17.6 Å². The quantitative estimate of drug-likeness (QED) is 0.841. The monoisotopic (exact) mass is 386 g/mol. The number of hydrogen-bond donors (Lipinski definition) is 1. The Balaban J connectivity index is 1.52. The van der Waals surface area contributed by atoms with Gasteiger partial charge in [-0.2, -0.15) is 4.98 Å². The van der Waals surface area contributed by atoms with Crippen molar-refractivity contribution in [2.75, 3.05) is 26.7 Å². The highest BCUT2D eigenvalue weighted by Gasteiger charge is 2.29. The first-order valence-electron chi connectivity index (χ1n) is 9.55. The number of urea groups is 1. The molecule has 3 heterocycles. The van der Waals surface area contributed by atoms with E-state index in [9.17, 15) is 9.59 Å². The van der Waals surface area contributed by atoms with Crippen molar-refractivity contribution in [3.05, 3.63) is 30.3 Å². The molecular formula is C19H26N6O3. The molecule has 0 radical (unpaired) electrons. The highest BCUT2D eigenvalue weighted by atomic mass is 16.5. The number of pyridine rings is 1. The number of carbonyl (C=O) groups is 2. The number of rotatable bonds is 5. The molecule has 1 aliphatic rings. The van der Waals surface area contributed by atoms with Crippen LogP contribution in [0.5, 0.6) is 0 Å². The summed E-state index contributed by atoms with van der Waals surface area (Å²) in [4.78, 5) is 36.6. The Morgan fingerprint density at radius 3 is 2.75 bits per heavy atom. The summed E-state index contributed by atoms with van der Waals surface area (Å²) in [7, 11) is 1.72. The van der Waals surface area contributed by atoms with Crippen molar-refractivity contribution in [1.82, 2.24) is 30.2 Å². The minimum Gasteiger partial charge on any atom is -0.344 e. The molecule has 9 nitrogen and oxygen atoms in total. The Bertz CT molecular complexity index is 801. The molecule has 1 N–H and O–H groups in total. The fraction of sp³-hybridized carbons (Fsp3) is 0.526. The molecule has 3 amide bonds. The van der Waals surface area contributed by atoms with Gasteiger partial charge in [-0.3, -0.25) is 9.78 Å². The lowest BCUT2D eigenvalue weighted by Crippen LogP contribution is -2.51. The van der Waals surface area contributed by atoms with Crippen LogP contribution in [0, 0.1) is 0 Å². The van der Waals surface area contributed by atoms with Crippen molar-refractivity contribution in [3.8, 4) is 11.5 Å². The van der Waals surface area contributed by atoms with E-state index in [0.29, 0.717) is 37.0 Å². The van der Waals surface area contributed by atoms with Crippen LogP contribution in [0.1, 0.15) is 38.5 Å². The Morgan fingerprint density at radius 2 is 2.11 bits per heavy atom. The summed E-state index contributed by atoms with van der Waals surface area (Å²) in [6.07, 6.45) is 3.15. The average Bonchev–Trinajstić information content (AvgIpc) is 3.23. The largest absolute Gasteiger partial charge is 0.344 e. The maximum Gasteiger partial charge on any atom is 0.318 e. The van der Waals surface area contributed by atoms with E-state index in [1.54, 1.807) is 30.0 Å². The summed E-state index contributed by atoms with van der Waals surface area (Å²) in [5, 5.41) is 6.80. The summed E-state index contributed by atoms with van der Waals surface area (Å²) in [6, 6.07) is 4.77. The smallest absolute Gasteiger partial charge is 0.318 e. The number of carbonyl (C=O) groups excluding carboxylic acids is 2. The standard InChI is InChI=1S/C19H26N6O3/c1-4-24(3)18(26)13(2)21-19(27)25-11-8-14(9-12-25)17-22-16(23-28-17)15-7-5-6-10-20-15/h5-7,10,13-14H,4,8-9,11-12H2,1-3H3,(H,21,27)/t13-/m0/s1. The zero-order valence-corrected chi connectivity index (χ0v) is 16.5. The second-order valence-corrected chi connectivity index (χ2v) is 6.96. The molecular weight excluding hydrogens is 360 g/mol. The molecule has 9 heteroatoms. The maximum absolute atomic E-state index is 12.4. The summed E-state index contributed by atoms with van der Waals surface area (Å²) >= 11 is 0. The SMILES string of the molecule is CCN(C)C(=O)[C@H](C)NC(=O)N1CCC(c2nc(-c3ccccn3)no2)CC1. The number of nitrogens with one attached hydrogen (secondary N) is 1. The molecule has 2 aromatic rings. The van der Waals surface area contributed by atoms with Gasteiger partial charge in [0.05, 0.1) is 0 Å². The van der Waals surface area contributed by atoms with Crippen LogP contribution >= 0.6 is 0 Å². The van der Waals surface area contributed by atoms with E-state index in [1.165, 1.54) is 0 Å². The number of hydrogen-bond acceptors (Lipinski definition) is 6. The van der Waals surface area contributed by atoms with E-state index >= 15 is 0 Å². The fourth-order valence-corrected chi connectivity index (χ4v) is 3.15. The molecule has 0 unspecified atom stereocenters. The number of likely N-dealkylation sites (tertiary alicyclic amines) is 1. The minimum absolute atomic E-state index is 0.0985. The second kappa shape index (κ2) is 8.81. The summed E-state index contributed by atoms with van der Waals surface area (Å²) in [6.45, 7) is 5.35. The van der Waals surface area contributed by atoms with E-state index < -0.39 is 6.04 Å². The van der Waals surface area contributed by atoms with Crippen LogP contribution < -0.4 is 5.32 Å². The zero-order valence-electron chi connectivity index (χ0n) is 16.5. The Labute approximate surface area is 164 Å². The Hall–Kier alpha value is -2.97. The molecule has 1 fully saturated rings. The highest BCUT2D eigenvalue weighted by Crippen LogP contribution is 2.28. The molecule has 28 heavy (non-hydrogen) atoms. The van der Waals surface area contributed by atoms with Gasteiger partial charge >= 0.3 is 6.03 Å². The maximum atomic E-state index is 12.4. The second-order valence-electron chi connectivity index (χ2n) is 6.96. The van der Waals surface area contributed by atoms with Crippen molar-refractivity contribution >= 4 is 11.9 Å². The molecule has 2 aromatic heterocycles. The summed E-state index contributed by atoms with van der Waals surface area (Å²) in [5.74, 6) is 1.06. The number of nitrogens with zero attached hydrogens (tertiary/aromatic N) is 5. The predicted octanol–water partition coefficient (Wildman–Crippen LogP) is 1.89. The lowest BCUT2D eigenvalue weighted by atomic mass is 9.97. The molecule has 0 bridgehead atoms. The fourth-order valence-electron chi connectivity index (χ4n) is 3.15. The first-order valence-corrected chi connectivity index (χ1v) is 9.55. The molecule has 0 aliphatic carbocycles. The lowest BCUT2D eigenvalue weighted by molar-refractivity contribution is -0.131. The highest BCUT2D eigenvalue weighted by molar-refractivity contribution is 5.86. The number of likely N-dealkylation sites (N-methyl/N-ethyl adjacent to an activating group) is 1. The topological polar surface area (TPSA) is 104 Å². The molecule has 0 spiro atoms. The molecule has 1 aliphatic heterocycles. The lowest BCUT2D eigenvalue weighted by Gasteiger charge is -2.31. The van der Waals surface area contributed by atoms with Crippen molar-refractivity contribution in [3.63, 3.8) is 0 Å². The molecule has 3 rings (SSSR count). The third-order valence-electron chi connectivity index (χ3n) is 5.03. The molecule has 0 aromatic carbocycles. The van der Waals surface area contributed by atoms with Gasteiger partial charge in [-0.15, -0.1) is 0 Å². The van der Waals surface area contributed by atoms with Gasteiger partial charge in [-0.05, 0) is 38.8 Å². The van der Waals surface area contributed by atoms with E-state index in [-0.39, 0.29) is 17.9 Å². The van der Waals surface area contributed by atoms with Gasteiger partial charge < -0.3 is 19.6 Å². The average molecular weight is 386 g/mol. The van der Waals surface area contributed by atoms with Crippen molar-refractivity contribution in [2.24, 2.45) is 0 Å². The first-order chi connectivity index (χ1) is 13.5. The Morgan fingerprint density at radius 1 is 1.36 bits per heavy atom. The third kappa shape index (κ3) is 4.47. The van der Waals surface area contributed by atoms with E-state index in [2.05, 4.69) is 20.4 Å². The summed E-state index contributed by atoms with van der Waals surface area (Å²) in [5.41, 5.74) is 0.671. The normalized spacial score (nSPS) is 15.9. The van der Waals surface area contributed by atoms with Gasteiger partial charge in [0.1, 0.15) is 11.7 Å². The van der Waals surface area contributed by atoms with Crippen molar-refractivity contribution < 1.29 is 14.1 Å². The van der Waals surface area contributed by atoms with Crippen LogP contribution in [0.4, 0.5) is 4.79 Å². The van der Waals surface area contributed by atoms with Crippen LogP contribution in [-0.2, 0) is 4.79 Å². The van der Waals surface area contributed by atoms with Crippen LogP contribution in [0.25, 0.3) is 11.5 Å². The third-order valence-corrected chi connectivity index (χ3v) is 5.03. The van der Waals surface area contributed by atoms with E-state index in [0.717, 1.165) is 12.8 Å². The van der Waals surface area contributed by atoms with Crippen molar-refractivity contribution in [1.29, 1.82) is 0 Å². The van der Waals surface area contributed by atoms with Crippen LogP contribution in [-0.4, -0.2) is 69.6 Å². The summed E-state index contributed by atoms with van der Waals surface area (Å²) < 4.78 is 5.42. The molecule has 1 saturated heterocycles. The van der Waals surface area contributed by atoms with Gasteiger partial charge in [-0.1, -0.05) is 11.2 Å². The molecule has 0 saturated carbocycles. The first kappa shape index (κ1) is 19.8. The van der Waals surface area contributed by atoms with E-state index in [1.807, 2.05) is 25.1 Å². The number of amides is 3. The van der Waals surface area contributed by atoms with Gasteiger partial charge in [0, 0.05) is 38.8 Å². The Kier molecular flexibility index (Phi) is 6.23. The number of piperidine rings is 1. The molecule has 1 atom stereocenters. The van der Waals surface area contributed by atoms with Gasteiger partial charge in [0.15, 0.2) is 0 Å².